The van der Waals surface area contributed by atoms with Gasteiger partial charge in [0.2, 0.25) is 0 Å². The molecule has 21 heavy (non-hydrogen) atoms. The summed E-state index contributed by atoms with van der Waals surface area (Å²) in [5.74, 6) is 0. The minimum Gasteiger partial charge on any atom is -0.444 e. The summed E-state index contributed by atoms with van der Waals surface area (Å²) >= 11 is 0. The maximum atomic E-state index is 11.7. The van der Waals surface area contributed by atoms with Crippen molar-refractivity contribution in [2.45, 2.75) is 83.6 Å². The molecule has 0 saturated heterocycles. The predicted molar refractivity (Wildman–Crippen MR) is 84.5 cm³/mol. The highest BCUT2D eigenvalue weighted by Gasteiger charge is 2.23. The Balaban J connectivity index is 2.27. The zero-order valence-corrected chi connectivity index (χ0v) is 14.2. The molecule has 1 saturated carbocycles. The van der Waals surface area contributed by atoms with Gasteiger partial charge in [-0.25, -0.2) is 4.79 Å². The van der Waals surface area contributed by atoms with Crippen LogP contribution in [0.25, 0.3) is 0 Å². The Morgan fingerprint density at radius 2 is 1.86 bits per heavy atom. The van der Waals surface area contributed by atoms with Gasteiger partial charge in [0.15, 0.2) is 0 Å². The van der Waals surface area contributed by atoms with Crippen LogP contribution in [0, 0.1) is 0 Å². The molecule has 0 heterocycles. The number of hydrogen-bond donors (Lipinski definition) is 2. The monoisotopic (exact) mass is 300 g/mol. The van der Waals surface area contributed by atoms with Gasteiger partial charge in [-0.05, 0) is 52.9 Å². The zero-order chi connectivity index (χ0) is 15.9. The van der Waals surface area contributed by atoms with E-state index in [1.807, 2.05) is 20.8 Å². The lowest BCUT2D eigenvalue weighted by molar-refractivity contribution is 0.0513. The summed E-state index contributed by atoms with van der Waals surface area (Å²) in [6, 6.07) is 0.823. The van der Waals surface area contributed by atoms with Crippen LogP contribution in [0.1, 0.15) is 59.8 Å². The molecule has 0 aliphatic heterocycles. The lowest BCUT2D eigenvalue weighted by atomic mass is 9.92. The van der Waals surface area contributed by atoms with Gasteiger partial charge < -0.3 is 20.1 Å². The molecule has 5 nitrogen and oxygen atoms in total. The summed E-state index contributed by atoms with van der Waals surface area (Å²) in [5.41, 5.74) is -0.447. The first-order valence-corrected chi connectivity index (χ1v) is 8.09. The minimum atomic E-state index is -0.447. The quantitative estimate of drug-likeness (QED) is 0.792. The molecule has 5 heteroatoms. The molecule has 0 bridgehead atoms. The van der Waals surface area contributed by atoms with Gasteiger partial charge in [-0.15, -0.1) is 0 Å². The molecule has 0 aromatic rings. The van der Waals surface area contributed by atoms with Gasteiger partial charge in [0.25, 0.3) is 0 Å². The number of ether oxygens (including phenoxy) is 2. The second-order valence-corrected chi connectivity index (χ2v) is 6.86. The van der Waals surface area contributed by atoms with Crippen molar-refractivity contribution in [2.24, 2.45) is 0 Å². The molecule has 1 fully saturated rings. The third-order valence-electron chi connectivity index (χ3n) is 3.86. The van der Waals surface area contributed by atoms with Crippen molar-refractivity contribution in [1.82, 2.24) is 10.6 Å². The van der Waals surface area contributed by atoms with Crippen LogP contribution < -0.4 is 10.6 Å². The molecule has 0 aromatic carbocycles. The van der Waals surface area contributed by atoms with Crippen molar-refractivity contribution >= 4 is 6.09 Å². The molecule has 1 amide bonds. The van der Waals surface area contributed by atoms with Gasteiger partial charge in [0.05, 0.1) is 6.10 Å². The molecule has 1 atom stereocenters. The highest BCUT2D eigenvalue weighted by molar-refractivity contribution is 5.67. The van der Waals surface area contributed by atoms with E-state index in [2.05, 4.69) is 17.6 Å². The van der Waals surface area contributed by atoms with Crippen molar-refractivity contribution < 1.29 is 14.3 Å². The van der Waals surface area contributed by atoms with E-state index in [-0.39, 0.29) is 6.09 Å². The molecule has 0 spiro atoms. The van der Waals surface area contributed by atoms with Gasteiger partial charge >= 0.3 is 6.09 Å². The lowest BCUT2D eigenvalue weighted by Gasteiger charge is -2.31. The van der Waals surface area contributed by atoms with Crippen LogP contribution >= 0.6 is 0 Å². The maximum Gasteiger partial charge on any atom is 0.407 e. The molecule has 1 rings (SSSR count). The van der Waals surface area contributed by atoms with Gasteiger partial charge in [-0.3, -0.25) is 0 Å². The van der Waals surface area contributed by atoms with Crippen LogP contribution in [0.15, 0.2) is 0 Å². The fourth-order valence-corrected chi connectivity index (χ4v) is 2.64. The average molecular weight is 300 g/mol. The van der Waals surface area contributed by atoms with Crippen LogP contribution in [0.2, 0.25) is 0 Å². The number of amides is 1. The van der Waals surface area contributed by atoms with Crippen molar-refractivity contribution in [3.05, 3.63) is 0 Å². The molecule has 1 aliphatic rings. The van der Waals surface area contributed by atoms with Crippen LogP contribution in [0.3, 0.4) is 0 Å². The minimum absolute atomic E-state index is 0.293. The van der Waals surface area contributed by atoms with Crippen LogP contribution in [0.5, 0.6) is 0 Å². The Morgan fingerprint density at radius 3 is 2.33 bits per heavy atom. The molecule has 1 aliphatic carbocycles. The summed E-state index contributed by atoms with van der Waals surface area (Å²) < 4.78 is 10.7. The van der Waals surface area contributed by atoms with E-state index in [9.17, 15) is 4.79 Å². The number of nitrogens with one attached hydrogen (secondary N) is 2. The number of alkyl carbamates (subject to hydrolysis) is 1. The average Bonchev–Trinajstić information content (AvgIpc) is 2.42. The van der Waals surface area contributed by atoms with Crippen molar-refractivity contribution in [3.63, 3.8) is 0 Å². The number of rotatable bonds is 6. The molecule has 1 unspecified atom stereocenters. The highest BCUT2D eigenvalue weighted by Crippen LogP contribution is 2.21. The van der Waals surface area contributed by atoms with E-state index in [1.54, 1.807) is 7.11 Å². The zero-order valence-electron chi connectivity index (χ0n) is 14.2. The SMILES string of the molecule is CCC(CNC(=O)OC(C)(C)C)NC1CCC(OC)CC1. The fourth-order valence-electron chi connectivity index (χ4n) is 2.64. The van der Waals surface area contributed by atoms with Gasteiger partial charge in [-0.1, -0.05) is 6.92 Å². The second-order valence-electron chi connectivity index (χ2n) is 6.86. The van der Waals surface area contributed by atoms with E-state index < -0.39 is 5.60 Å². The predicted octanol–water partition coefficient (Wildman–Crippen LogP) is 2.84. The van der Waals surface area contributed by atoms with Gasteiger partial charge in [0.1, 0.15) is 5.60 Å². The van der Waals surface area contributed by atoms with Crippen LogP contribution in [0.4, 0.5) is 4.79 Å². The Kier molecular flexibility index (Phi) is 7.46. The van der Waals surface area contributed by atoms with E-state index in [1.165, 1.54) is 0 Å². The van der Waals surface area contributed by atoms with Crippen molar-refractivity contribution in [1.29, 1.82) is 0 Å². The van der Waals surface area contributed by atoms with Crippen molar-refractivity contribution in [3.8, 4) is 0 Å². The fraction of sp³-hybridized carbons (Fsp3) is 0.938. The first-order valence-electron chi connectivity index (χ1n) is 8.09. The summed E-state index contributed by atoms with van der Waals surface area (Å²) in [6.45, 7) is 8.36. The Morgan fingerprint density at radius 1 is 1.24 bits per heavy atom. The summed E-state index contributed by atoms with van der Waals surface area (Å²) in [4.78, 5) is 11.7. The standard InChI is InChI=1S/C16H32N2O3/c1-6-12(11-17-15(19)21-16(2,3)4)18-13-7-9-14(20-5)10-8-13/h12-14,18H,6-11H2,1-5H3,(H,17,19). The Labute approximate surface area is 129 Å². The number of hydrogen-bond acceptors (Lipinski definition) is 4. The first kappa shape index (κ1) is 18.2. The summed E-state index contributed by atoms with van der Waals surface area (Å²) in [6.07, 6.45) is 5.57. The molecule has 0 radical (unpaired) electrons. The van der Waals surface area contributed by atoms with Crippen molar-refractivity contribution in [2.75, 3.05) is 13.7 Å². The number of carbonyl (C=O) groups is 1. The van der Waals surface area contributed by atoms with E-state index >= 15 is 0 Å². The maximum absolute atomic E-state index is 11.7. The Bertz CT molecular complexity index is 307. The molecule has 124 valence electrons. The second kappa shape index (κ2) is 8.59. The van der Waals surface area contributed by atoms with Crippen LogP contribution in [-0.2, 0) is 9.47 Å². The normalized spacial score (nSPS) is 24.4. The summed E-state index contributed by atoms with van der Waals surface area (Å²) in [5, 5.41) is 6.49. The lowest BCUT2D eigenvalue weighted by Crippen LogP contribution is -2.47. The first-order chi connectivity index (χ1) is 9.84. The highest BCUT2D eigenvalue weighted by atomic mass is 16.6. The number of carbonyl (C=O) groups excluding carboxylic acids is 1. The smallest absolute Gasteiger partial charge is 0.407 e. The third-order valence-corrected chi connectivity index (χ3v) is 3.86. The summed E-state index contributed by atoms with van der Waals surface area (Å²) in [7, 11) is 1.79. The Hall–Kier alpha value is -0.810. The third kappa shape index (κ3) is 7.67. The van der Waals surface area contributed by atoms with Crippen LogP contribution in [-0.4, -0.2) is 43.5 Å². The van der Waals surface area contributed by atoms with E-state index in [0.29, 0.717) is 24.7 Å². The molecule has 0 aromatic heterocycles. The van der Waals surface area contributed by atoms with Gasteiger partial charge in [-0.2, -0.15) is 0 Å². The number of methoxy groups -OCH3 is 1. The molecular formula is C16H32N2O3. The topological polar surface area (TPSA) is 59.6 Å². The van der Waals surface area contributed by atoms with Gasteiger partial charge in [0, 0.05) is 25.7 Å². The van der Waals surface area contributed by atoms with E-state index in [0.717, 1.165) is 32.1 Å². The van der Waals surface area contributed by atoms with E-state index in [4.69, 9.17) is 9.47 Å². The molecular weight excluding hydrogens is 268 g/mol. The largest absolute Gasteiger partial charge is 0.444 e. The molecule has 2 N–H and O–H groups in total.